The first-order valence-electron chi connectivity index (χ1n) is 7.95. The number of ether oxygens (including phenoxy) is 1. The zero-order valence-corrected chi connectivity index (χ0v) is 15.2. The number of halogens is 1. The molecule has 3 rings (SSSR count). The molecule has 0 aliphatic carbocycles. The summed E-state index contributed by atoms with van der Waals surface area (Å²) in [6, 6.07) is 14.7. The molecule has 0 N–H and O–H groups in total. The smallest absolute Gasteiger partial charge is 0.0877 e. The molecule has 122 valence electrons. The van der Waals surface area contributed by atoms with E-state index in [0.29, 0.717) is 0 Å². The van der Waals surface area contributed by atoms with Crippen LogP contribution in [0, 0.1) is 0 Å². The summed E-state index contributed by atoms with van der Waals surface area (Å²) in [6.45, 7) is 1.81. The number of benzene rings is 2. The summed E-state index contributed by atoms with van der Waals surface area (Å²) in [4.78, 5) is 4.75. The third-order valence-electron chi connectivity index (χ3n) is 3.99. The Morgan fingerprint density at radius 1 is 1.17 bits per heavy atom. The maximum Gasteiger partial charge on any atom is 0.0877 e. The first kappa shape index (κ1) is 16.8. The van der Waals surface area contributed by atoms with E-state index in [9.17, 15) is 0 Å². The molecule has 0 radical (unpaired) electrons. The van der Waals surface area contributed by atoms with Crippen molar-refractivity contribution in [3.8, 4) is 0 Å². The lowest BCUT2D eigenvalue weighted by molar-refractivity contribution is 0.0466. The van der Waals surface area contributed by atoms with Gasteiger partial charge in [-0.2, -0.15) is 0 Å². The van der Waals surface area contributed by atoms with Gasteiger partial charge in [-0.05, 0) is 62.5 Å². The van der Waals surface area contributed by atoms with Crippen molar-refractivity contribution in [2.45, 2.75) is 28.7 Å². The van der Waals surface area contributed by atoms with Crippen molar-refractivity contribution >= 4 is 23.4 Å². The zero-order valence-electron chi connectivity index (χ0n) is 13.6. The van der Waals surface area contributed by atoms with E-state index in [2.05, 4.69) is 55.4 Å². The Morgan fingerprint density at radius 2 is 2.00 bits per heavy atom. The SMILES string of the molecule is CN(C)CCCOC1Cc2ccccc2Sc2ccc(Cl)cc21. The predicted octanol–water partition coefficient (Wildman–Crippen LogP) is 5.06. The highest BCUT2D eigenvalue weighted by molar-refractivity contribution is 7.99. The molecule has 1 unspecified atom stereocenters. The summed E-state index contributed by atoms with van der Waals surface area (Å²) in [6.07, 6.45) is 2.01. The van der Waals surface area contributed by atoms with Gasteiger partial charge in [-0.15, -0.1) is 0 Å². The van der Waals surface area contributed by atoms with Crippen LogP contribution in [0.25, 0.3) is 0 Å². The minimum Gasteiger partial charge on any atom is -0.373 e. The Kier molecular flexibility index (Phi) is 5.65. The average Bonchev–Trinajstić information content (AvgIpc) is 2.68. The van der Waals surface area contributed by atoms with E-state index >= 15 is 0 Å². The highest BCUT2D eigenvalue weighted by Crippen LogP contribution is 2.42. The first-order valence-corrected chi connectivity index (χ1v) is 9.14. The molecule has 0 saturated carbocycles. The number of rotatable bonds is 5. The van der Waals surface area contributed by atoms with Gasteiger partial charge in [-0.3, -0.25) is 0 Å². The Morgan fingerprint density at radius 3 is 2.83 bits per heavy atom. The molecule has 0 saturated heterocycles. The monoisotopic (exact) mass is 347 g/mol. The predicted molar refractivity (Wildman–Crippen MR) is 97.6 cm³/mol. The molecular weight excluding hydrogens is 326 g/mol. The standard InChI is InChI=1S/C19H22ClNOS/c1-21(2)10-5-11-22-17-12-14-6-3-4-7-18(14)23-19-9-8-15(20)13-16(17)19/h3-4,6-9,13,17H,5,10-12H2,1-2H3. The fourth-order valence-corrected chi connectivity index (χ4v) is 4.11. The van der Waals surface area contributed by atoms with Crippen LogP contribution in [0.1, 0.15) is 23.7 Å². The van der Waals surface area contributed by atoms with Gasteiger partial charge in [0.15, 0.2) is 0 Å². The molecule has 1 atom stereocenters. The van der Waals surface area contributed by atoms with Crippen LogP contribution < -0.4 is 0 Å². The quantitative estimate of drug-likeness (QED) is 0.702. The van der Waals surface area contributed by atoms with Crippen molar-refractivity contribution < 1.29 is 4.74 Å². The third kappa shape index (κ3) is 4.30. The normalized spacial score (nSPS) is 16.8. The van der Waals surface area contributed by atoms with Crippen molar-refractivity contribution in [2.75, 3.05) is 27.2 Å². The summed E-state index contributed by atoms with van der Waals surface area (Å²) in [5, 5.41) is 0.775. The summed E-state index contributed by atoms with van der Waals surface area (Å²) in [7, 11) is 4.18. The van der Waals surface area contributed by atoms with Crippen LogP contribution in [0.3, 0.4) is 0 Å². The molecule has 0 fully saturated rings. The van der Waals surface area contributed by atoms with Crippen molar-refractivity contribution in [1.82, 2.24) is 4.90 Å². The summed E-state index contributed by atoms with van der Waals surface area (Å²) < 4.78 is 6.25. The fourth-order valence-electron chi connectivity index (χ4n) is 2.82. The highest BCUT2D eigenvalue weighted by Gasteiger charge is 2.23. The maximum absolute atomic E-state index is 6.25. The van der Waals surface area contributed by atoms with E-state index in [0.717, 1.165) is 31.0 Å². The molecule has 1 heterocycles. The number of nitrogens with zero attached hydrogens (tertiary/aromatic N) is 1. The highest BCUT2D eigenvalue weighted by atomic mass is 35.5. The van der Waals surface area contributed by atoms with E-state index < -0.39 is 0 Å². The number of fused-ring (bicyclic) bond motifs is 2. The summed E-state index contributed by atoms with van der Waals surface area (Å²) in [5.41, 5.74) is 2.56. The zero-order chi connectivity index (χ0) is 16.2. The van der Waals surface area contributed by atoms with Gasteiger partial charge in [-0.25, -0.2) is 0 Å². The summed E-state index contributed by atoms with van der Waals surface area (Å²) in [5.74, 6) is 0. The maximum atomic E-state index is 6.25. The van der Waals surface area contributed by atoms with E-state index in [4.69, 9.17) is 16.3 Å². The van der Waals surface area contributed by atoms with Gasteiger partial charge in [0.1, 0.15) is 0 Å². The lowest BCUT2D eigenvalue weighted by atomic mass is 10.0. The lowest BCUT2D eigenvalue weighted by Crippen LogP contribution is -2.16. The second-order valence-electron chi connectivity index (χ2n) is 6.11. The van der Waals surface area contributed by atoms with Gasteiger partial charge in [0, 0.05) is 27.8 Å². The van der Waals surface area contributed by atoms with Crippen molar-refractivity contribution in [3.05, 3.63) is 58.6 Å². The van der Waals surface area contributed by atoms with Crippen LogP contribution in [0.5, 0.6) is 0 Å². The first-order chi connectivity index (χ1) is 11.1. The Labute approximate surface area is 147 Å². The van der Waals surface area contributed by atoms with E-state index in [1.54, 1.807) is 0 Å². The molecule has 0 aromatic heterocycles. The second kappa shape index (κ2) is 7.71. The topological polar surface area (TPSA) is 12.5 Å². The molecule has 1 aliphatic rings. The Bertz CT molecular complexity index is 674. The average molecular weight is 348 g/mol. The van der Waals surface area contributed by atoms with Crippen molar-refractivity contribution in [1.29, 1.82) is 0 Å². The van der Waals surface area contributed by atoms with Gasteiger partial charge < -0.3 is 9.64 Å². The molecule has 2 aromatic carbocycles. The van der Waals surface area contributed by atoms with Crippen LogP contribution in [0.4, 0.5) is 0 Å². The van der Waals surface area contributed by atoms with Gasteiger partial charge in [0.05, 0.1) is 6.10 Å². The van der Waals surface area contributed by atoms with E-state index in [1.807, 2.05) is 17.8 Å². The van der Waals surface area contributed by atoms with Crippen LogP contribution in [-0.2, 0) is 11.2 Å². The molecule has 2 aromatic rings. The molecule has 4 heteroatoms. The van der Waals surface area contributed by atoms with Gasteiger partial charge >= 0.3 is 0 Å². The third-order valence-corrected chi connectivity index (χ3v) is 5.43. The fraction of sp³-hybridized carbons (Fsp3) is 0.368. The lowest BCUT2D eigenvalue weighted by Gasteiger charge is -2.19. The van der Waals surface area contributed by atoms with Crippen LogP contribution in [0.2, 0.25) is 5.02 Å². The molecule has 0 amide bonds. The van der Waals surface area contributed by atoms with Crippen molar-refractivity contribution in [3.63, 3.8) is 0 Å². The molecule has 0 spiro atoms. The molecule has 0 bridgehead atoms. The number of hydrogen-bond donors (Lipinski definition) is 0. The molecule has 1 aliphatic heterocycles. The van der Waals surface area contributed by atoms with Gasteiger partial charge in [-0.1, -0.05) is 41.6 Å². The van der Waals surface area contributed by atoms with Crippen LogP contribution in [-0.4, -0.2) is 32.1 Å². The Balaban J connectivity index is 1.83. The number of hydrogen-bond acceptors (Lipinski definition) is 3. The Hall–Kier alpha value is -1.00. The van der Waals surface area contributed by atoms with Crippen LogP contribution >= 0.6 is 23.4 Å². The minimum atomic E-state index is 0.0713. The molecular formula is C19H22ClNOS. The van der Waals surface area contributed by atoms with E-state index in [1.165, 1.54) is 20.9 Å². The largest absolute Gasteiger partial charge is 0.373 e. The van der Waals surface area contributed by atoms with Gasteiger partial charge in [0.2, 0.25) is 0 Å². The molecule has 23 heavy (non-hydrogen) atoms. The van der Waals surface area contributed by atoms with E-state index in [-0.39, 0.29) is 6.10 Å². The second-order valence-corrected chi connectivity index (χ2v) is 7.63. The summed E-state index contributed by atoms with van der Waals surface area (Å²) >= 11 is 8.05. The van der Waals surface area contributed by atoms with Crippen LogP contribution in [0.15, 0.2) is 52.3 Å². The minimum absolute atomic E-state index is 0.0713. The molecule has 2 nitrogen and oxygen atoms in total. The van der Waals surface area contributed by atoms with Gasteiger partial charge in [0.25, 0.3) is 0 Å². The van der Waals surface area contributed by atoms with Crippen molar-refractivity contribution in [2.24, 2.45) is 0 Å².